The first kappa shape index (κ1) is 18.1. The van der Waals surface area contributed by atoms with Crippen molar-refractivity contribution in [3.8, 4) is 0 Å². The average molecular weight is 349 g/mol. The third-order valence-corrected chi connectivity index (χ3v) is 4.67. The topological polar surface area (TPSA) is 92.7 Å². The molecule has 2 aromatic carbocycles. The molecular weight excluding hydrogens is 330 g/mol. The standard InChI is InChI=1S/C17H19NO5S/c1-13-5-7-16(8-6-13)24(21,22)23-12-18-10-9-14-3-2-4-15(11-14)17(19)20/h2-8,11,18H,9-10,12H2,1H3,(H,19,20). The molecule has 2 aromatic rings. The Bertz CT molecular complexity index is 800. The second-order valence-corrected chi connectivity index (χ2v) is 6.90. The van der Waals surface area contributed by atoms with E-state index in [1.54, 1.807) is 24.3 Å². The van der Waals surface area contributed by atoms with Gasteiger partial charge in [-0.05, 0) is 43.2 Å². The molecule has 7 heteroatoms. The quantitative estimate of drug-likeness (QED) is 0.431. The van der Waals surface area contributed by atoms with Gasteiger partial charge < -0.3 is 5.11 Å². The van der Waals surface area contributed by atoms with Crippen molar-refractivity contribution in [1.29, 1.82) is 0 Å². The van der Waals surface area contributed by atoms with Crippen LogP contribution in [0.3, 0.4) is 0 Å². The maximum atomic E-state index is 12.0. The maximum Gasteiger partial charge on any atom is 0.335 e. The van der Waals surface area contributed by atoms with Gasteiger partial charge in [-0.1, -0.05) is 29.8 Å². The fourth-order valence-electron chi connectivity index (χ4n) is 2.06. The number of nitrogens with one attached hydrogen (secondary N) is 1. The van der Waals surface area contributed by atoms with Gasteiger partial charge in [0.2, 0.25) is 0 Å². The average Bonchev–Trinajstić information content (AvgIpc) is 2.55. The van der Waals surface area contributed by atoms with Crippen LogP contribution in [0.1, 0.15) is 21.5 Å². The number of benzene rings is 2. The first-order valence-corrected chi connectivity index (χ1v) is 8.78. The van der Waals surface area contributed by atoms with Gasteiger partial charge in [-0.15, -0.1) is 0 Å². The summed E-state index contributed by atoms with van der Waals surface area (Å²) >= 11 is 0. The number of carbonyl (C=O) groups is 1. The van der Waals surface area contributed by atoms with Gasteiger partial charge in [0.15, 0.2) is 0 Å². The zero-order valence-corrected chi connectivity index (χ0v) is 14.0. The van der Waals surface area contributed by atoms with E-state index in [4.69, 9.17) is 9.29 Å². The number of aromatic carboxylic acids is 1. The van der Waals surface area contributed by atoms with Crippen LogP contribution in [0, 0.1) is 6.92 Å². The summed E-state index contributed by atoms with van der Waals surface area (Å²) in [5.41, 5.74) is 2.05. The molecule has 0 saturated heterocycles. The molecule has 0 heterocycles. The summed E-state index contributed by atoms with van der Waals surface area (Å²) in [6.45, 7) is 2.19. The summed E-state index contributed by atoms with van der Waals surface area (Å²) in [7, 11) is -3.78. The first-order chi connectivity index (χ1) is 11.4. The smallest absolute Gasteiger partial charge is 0.335 e. The van der Waals surface area contributed by atoms with Crippen LogP contribution in [0.4, 0.5) is 0 Å². The zero-order valence-electron chi connectivity index (χ0n) is 13.2. The summed E-state index contributed by atoms with van der Waals surface area (Å²) in [5.74, 6) is -0.975. The number of hydrogen-bond donors (Lipinski definition) is 2. The summed E-state index contributed by atoms with van der Waals surface area (Å²) in [6.07, 6.45) is 0.565. The highest BCUT2D eigenvalue weighted by Crippen LogP contribution is 2.12. The second kappa shape index (κ2) is 8.05. The van der Waals surface area contributed by atoms with Crippen LogP contribution < -0.4 is 5.32 Å². The molecule has 0 aliphatic heterocycles. The van der Waals surface area contributed by atoms with Crippen molar-refractivity contribution in [3.05, 3.63) is 65.2 Å². The third kappa shape index (κ3) is 5.16. The molecule has 0 spiro atoms. The van der Waals surface area contributed by atoms with Crippen LogP contribution in [0.15, 0.2) is 53.4 Å². The molecule has 0 radical (unpaired) electrons. The lowest BCUT2D eigenvalue weighted by molar-refractivity contribution is 0.0696. The Morgan fingerprint density at radius 3 is 2.54 bits per heavy atom. The van der Waals surface area contributed by atoms with Crippen molar-refractivity contribution in [3.63, 3.8) is 0 Å². The second-order valence-electron chi connectivity index (χ2n) is 5.28. The van der Waals surface area contributed by atoms with Crippen molar-refractivity contribution in [2.24, 2.45) is 0 Å². The van der Waals surface area contributed by atoms with Crippen LogP contribution in [-0.2, 0) is 20.7 Å². The van der Waals surface area contributed by atoms with Crippen molar-refractivity contribution in [1.82, 2.24) is 5.32 Å². The van der Waals surface area contributed by atoms with Crippen molar-refractivity contribution >= 4 is 16.1 Å². The fraction of sp³-hybridized carbons (Fsp3) is 0.235. The predicted molar refractivity (Wildman–Crippen MR) is 89.4 cm³/mol. The highest BCUT2D eigenvalue weighted by Gasteiger charge is 2.14. The normalized spacial score (nSPS) is 11.4. The highest BCUT2D eigenvalue weighted by molar-refractivity contribution is 7.86. The summed E-state index contributed by atoms with van der Waals surface area (Å²) < 4.78 is 28.9. The van der Waals surface area contributed by atoms with Gasteiger partial charge in [-0.25, -0.2) is 4.79 Å². The van der Waals surface area contributed by atoms with E-state index < -0.39 is 16.1 Å². The van der Waals surface area contributed by atoms with Gasteiger partial charge in [-0.3, -0.25) is 9.50 Å². The lowest BCUT2D eigenvalue weighted by Crippen LogP contribution is -2.23. The van der Waals surface area contributed by atoms with E-state index in [0.29, 0.717) is 13.0 Å². The molecule has 0 aromatic heterocycles. The summed E-state index contributed by atoms with van der Waals surface area (Å²) in [5, 5.41) is 11.8. The predicted octanol–water partition coefficient (Wildman–Crippen LogP) is 2.19. The Morgan fingerprint density at radius 2 is 1.88 bits per heavy atom. The molecule has 0 amide bonds. The molecule has 6 nitrogen and oxygen atoms in total. The Morgan fingerprint density at radius 1 is 1.17 bits per heavy atom. The molecule has 0 aliphatic rings. The number of aryl methyl sites for hydroxylation is 1. The molecule has 128 valence electrons. The van der Waals surface area contributed by atoms with E-state index in [2.05, 4.69) is 5.32 Å². The third-order valence-electron chi connectivity index (χ3n) is 3.39. The minimum atomic E-state index is -3.78. The van der Waals surface area contributed by atoms with E-state index in [1.807, 2.05) is 13.0 Å². The molecule has 0 atom stereocenters. The van der Waals surface area contributed by atoms with E-state index in [-0.39, 0.29) is 17.2 Å². The molecule has 0 fully saturated rings. The Kier molecular flexibility index (Phi) is 6.08. The number of carboxylic acids is 1. The van der Waals surface area contributed by atoms with Gasteiger partial charge in [0, 0.05) is 6.54 Å². The number of rotatable bonds is 8. The molecule has 0 bridgehead atoms. The maximum absolute atomic E-state index is 12.0. The van der Waals surface area contributed by atoms with Crippen molar-refractivity contribution in [2.45, 2.75) is 18.2 Å². The molecule has 2 N–H and O–H groups in total. The highest BCUT2D eigenvalue weighted by atomic mass is 32.2. The first-order valence-electron chi connectivity index (χ1n) is 7.37. The van der Waals surface area contributed by atoms with Crippen LogP contribution in [0.25, 0.3) is 0 Å². The van der Waals surface area contributed by atoms with Gasteiger partial charge in [0.25, 0.3) is 10.1 Å². The van der Waals surface area contributed by atoms with Gasteiger partial charge in [-0.2, -0.15) is 8.42 Å². The molecule has 0 aliphatic carbocycles. The van der Waals surface area contributed by atoms with Gasteiger partial charge in [0.05, 0.1) is 10.5 Å². The molecule has 2 rings (SSSR count). The molecule has 0 saturated carbocycles. The van der Waals surface area contributed by atoms with Gasteiger partial charge in [0.1, 0.15) is 6.73 Å². The van der Waals surface area contributed by atoms with Crippen LogP contribution in [-0.4, -0.2) is 32.8 Å². The van der Waals surface area contributed by atoms with Crippen LogP contribution in [0.5, 0.6) is 0 Å². The van der Waals surface area contributed by atoms with Crippen LogP contribution >= 0.6 is 0 Å². The molecule has 24 heavy (non-hydrogen) atoms. The van der Waals surface area contributed by atoms with Crippen molar-refractivity contribution < 1.29 is 22.5 Å². The Labute approximate surface area is 141 Å². The van der Waals surface area contributed by atoms with E-state index in [9.17, 15) is 13.2 Å². The largest absolute Gasteiger partial charge is 0.478 e. The summed E-state index contributed by atoms with van der Waals surface area (Å²) in [6, 6.07) is 13.0. The van der Waals surface area contributed by atoms with E-state index >= 15 is 0 Å². The monoisotopic (exact) mass is 349 g/mol. The molecular formula is C17H19NO5S. The Balaban J connectivity index is 1.79. The Hall–Kier alpha value is -2.22. The zero-order chi connectivity index (χ0) is 17.6. The van der Waals surface area contributed by atoms with Gasteiger partial charge >= 0.3 is 5.97 Å². The van der Waals surface area contributed by atoms with E-state index in [1.165, 1.54) is 18.2 Å². The fourth-order valence-corrected chi connectivity index (χ4v) is 2.90. The van der Waals surface area contributed by atoms with Crippen molar-refractivity contribution in [2.75, 3.05) is 13.3 Å². The van der Waals surface area contributed by atoms with Crippen LogP contribution in [0.2, 0.25) is 0 Å². The summed E-state index contributed by atoms with van der Waals surface area (Å²) in [4.78, 5) is 11.0. The lowest BCUT2D eigenvalue weighted by atomic mass is 10.1. The SMILES string of the molecule is Cc1ccc(S(=O)(=O)OCNCCc2cccc(C(=O)O)c2)cc1. The van der Waals surface area contributed by atoms with E-state index in [0.717, 1.165) is 11.1 Å². The minimum Gasteiger partial charge on any atom is -0.478 e. The number of carboxylic acid groups (broad SMARTS) is 1. The number of hydrogen-bond acceptors (Lipinski definition) is 5. The molecule has 0 unspecified atom stereocenters. The minimum absolute atomic E-state index is 0.115. The lowest BCUT2D eigenvalue weighted by Gasteiger charge is -2.08.